The van der Waals surface area contributed by atoms with Gasteiger partial charge in [0.05, 0.1) is 24.0 Å². The van der Waals surface area contributed by atoms with Gasteiger partial charge < -0.3 is 19.7 Å². The summed E-state index contributed by atoms with van der Waals surface area (Å²) in [5.74, 6) is -1.04. The molecule has 0 saturated carbocycles. The van der Waals surface area contributed by atoms with Crippen LogP contribution in [-0.2, 0) is 23.9 Å². The molecule has 0 spiro atoms. The van der Waals surface area contributed by atoms with Crippen LogP contribution in [0.1, 0.15) is 24.0 Å². The topological polar surface area (TPSA) is 123 Å². The quantitative estimate of drug-likeness (QED) is 0.223. The van der Waals surface area contributed by atoms with Gasteiger partial charge in [-0.1, -0.05) is 30.0 Å². The van der Waals surface area contributed by atoms with Crippen molar-refractivity contribution >= 4 is 63.6 Å². The van der Waals surface area contributed by atoms with E-state index in [9.17, 15) is 19.2 Å². The van der Waals surface area contributed by atoms with E-state index in [1.165, 1.54) is 22.5 Å². The van der Waals surface area contributed by atoms with Gasteiger partial charge in [-0.25, -0.2) is 4.98 Å². The van der Waals surface area contributed by atoms with Gasteiger partial charge >= 0.3 is 5.97 Å². The maximum atomic E-state index is 13.8. The zero-order valence-corrected chi connectivity index (χ0v) is 22.3. The Hall–Kier alpha value is -3.29. The Morgan fingerprint density at radius 1 is 1.32 bits per heavy atom. The molecule has 2 aromatic heterocycles. The molecule has 2 aromatic rings. The second-order valence-electron chi connectivity index (χ2n) is 8.50. The minimum atomic E-state index is -0.935. The molecule has 13 heteroatoms. The predicted octanol–water partition coefficient (Wildman–Crippen LogP) is 1.11. The molecule has 37 heavy (non-hydrogen) atoms. The van der Waals surface area contributed by atoms with Crippen LogP contribution in [0, 0.1) is 6.92 Å². The van der Waals surface area contributed by atoms with Gasteiger partial charge in [0.1, 0.15) is 21.8 Å². The van der Waals surface area contributed by atoms with Crippen LogP contribution < -0.4 is 15.8 Å². The number of anilines is 1. The molecular weight excluding hydrogens is 518 g/mol. The molecule has 1 N–H and O–H groups in total. The van der Waals surface area contributed by atoms with Gasteiger partial charge in [-0.3, -0.25) is 28.5 Å². The van der Waals surface area contributed by atoms with Crippen LogP contribution in [0.3, 0.4) is 0 Å². The third-order valence-electron chi connectivity index (χ3n) is 6.13. The first-order chi connectivity index (χ1) is 17.8. The number of methoxy groups -OCH3 is 2. The summed E-state index contributed by atoms with van der Waals surface area (Å²) in [5.41, 5.74) is 0.888. The van der Waals surface area contributed by atoms with Crippen molar-refractivity contribution in [3.63, 3.8) is 0 Å². The zero-order valence-electron chi connectivity index (χ0n) is 20.7. The van der Waals surface area contributed by atoms with Gasteiger partial charge in [0.15, 0.2) is 0 Å². The lowest BCUT2D eigenvalue weighted by molar-refractivity contribution is -0.143. The van der Waals surface area contributed by atoms with Gasteiger partial charge in [0.25, 0.3) is 11.5 Å². The Bertz CT molecular complexity index is 1360. The molecule has 0 bridgehead atoms. The van der Waals surface area contributed by atoms with Crippen LogP contribution in [0.2, 0.25) is 0 Å². The Morgan fingerprint density at radius 2 is 2.11 bits per heavy atom. The number of carbonyl (C=O) groups is 3. The van der Waals surface area contributed by atoms with Crippen LogP contribution in [0.4, 0.5) is 5.82 Å². The first-order valence-electron chi connectivity index (χ1n) is 11.6. The summed E-state index contributed by atoms with van der Waals surface area (Å²) in [6.45, 7) is 3.30. The molecule has 4 heterocycles. The number of pyridine rings is 1. The summed E-state index contributed by atoms with van der Waals surface area (Å²) in [6, 6.07) is 2.62. The fraction of sp³-hybridized carbons (Fsp3) is 0.417. The second kappa shape index (κ2) is 11.4. The Kier molecular flexibility index (Phi) is 8.25. The first-order valence-corrected chi connectivity index (χ1v) is 12.9. The summed E-state index contributed by atoms with van der Waals surface area (Å²) in [5, 5.41) is 2.75. The van der Waals surface area contributed by atoms with Crippen LogP contribution in [-0.4, -0.2) is 82.9 Å². The number of nitrogens with zero attached hydrogens (tertiary/aromatic N) is 4. The molecule has 0 unspecified atom stereocenters. The number of thiocarbonyl (C=S) groups is 1. The molecule has 0 radical (unpaired) electrons. The Morgan fingerprint density at radius 3 is 2.84 bits per heavy atom. The van der Waals surface area contributed by atoms with Gasteiger partial charge in [-0.05, 0) is 31.1 Å². The number of rotatable bonds is 8. The van der Waals surface area contributed by atoms with E-state index in [0.29, 0.717) is 42.6 Å². The lowest BCUT2D eigenvalue weighted by Gasteiger charge is -2.36. The molecule has 0 aliphatic carbocycles. The van der Waals surface area contributed by atoms with Crippen molar-refractivity contribution in [3.05, 3.63) is 44.7 Å². The highest BCUT2D eigenvalue weighted by Gasteiger charge is 2.36. The van der Waals surface area contributed by atoms with Crippen molar-refractivity contribution in [1.29, 1.82) is 0 Å². The van der Waals surface area contributed by atoms with E-state index in [0.717, 1.165) is 17.3 Å². The third kappa shape index (κ3) is 5.38. The number of amides is 2. The highest BCUT2D eigenvalue weighted by Crippen LogP contribution is 2.34. The Labute approximate surface area is 222 Å². The number of hydrogen-bond donors (Lipinski definition) is 1. The number of carbonyl (C=O) groups excluding carboxylic acids is 3. The van der Waals surface area contributed by atoms with Gasteiger partial charge in [-0.15, -0.1) is 0 Å². The van der Waals surface area contributed by atoms with E-state index in [2.05, 4.69) is 5.32 Å². The highest BCUT2D eigenvalue weighted by molar-refractivity contribution is 8.26. The standard InChI is InChI=1S/C24H27N5O6S2/c1-14-6-4-8-28-19(14)26-20(27-10-7-25-21(31)16(27)13-18(30)35-3)15(22(28)32)12-17-23(33)29(24(36)37-17)9-5-11-34-2/h4,6,8,12,16H,5,7,9-11,13H2,1-3H3,(H,25,31)/b17-12-/t16-/m0/s1. The van der Waals surface area contributed by atoms with E-state index < -0.39 is 17.6 Å². The minimum absolute atomic E-state index is 0.130. The summed E-state index contributed by atoms with van der Waals surface area (Å²) in [7, 11) is 2.83. The molecule has 2 aliphatic rings. The lowest BCUT2D eigenvalue weighted by Crippen LogP contribution is -2.57. The SMILES string of the molecule is COCCCN1C(=O)/C(=C/c2c(N3CCNC(=O)[C@@H]3CC(=O)OC)nc3c(C)cccn3c2=O)SC1=S. The van der Waals surface area contributed by atoms with Crippen molar-refractivity contribution < 1.29 is 23.9 Å². The number of fused-ring (bicyclic) bond motifs is 1. The molecule has 4 rings (SSSR count). The molecule has 2 aliphatic heterocycles. The molecule has 11 nitrogen and oxygen atoms in total. The highest BCUT2D eigenvalue weighted by atomic mass is 32.2. The molecule has 0 aromatic carbocycles. The predicted molar refractivity (Wildman–Crippen MR) is 143 cm³/mol. The number of nitrogens with one attached hydrogen (secondary N) is 1. The summed E-state index contributed by atoms with van der Waals surface area (Å²) in [6.07, 6.45) is 3.47. The molecular formula is C24H27N5O6S2. The van der Waals surface area contributed by atoms with Crippen molar-refractivity contribution in [2.24, 2.45) is 0 Å². The van der Waals surface area contributed by atoms with Crippen LogP contribution in [0.25, 0.3) is 11.7 Å². The van der Waals surface area contributed by atoms with Gasteiger partial charge in [-0.2, -0.15) is 0 Å². The van der Waals surface area contributed by atoms with Crippen molar-refractivity contribution in [2.45, 2.75) is 25.8 Å². The number of aryl methyl sites for hydroxylation is 1. The maximum Gasteiger partial charge on any atom is 0.308 e. The average molecular weight is 546 g/mol. The van der Waals surface area contributed by atoms with Gasteiger partial charge in [0.2, 0.25) is 5.91 Å². The average Bonchev–Trinajstić information content (AvgIpc) is 3.14. The summed E-state index contributed by atoms with van der Waals surface area (Å²) < 4.78 is 11.7. The van der Waals surface area contributed by atoms with Gasteiger partial charge in [0, 0.05) is 39.5 Å². The van der Waals surface area contributed by atoms with E-state index in [4.69, 9.17) is 26.7 Å². The van der Waals surface area contributed by atoms with E-state index in [1.807, 2.05) is 13.0 Å². The smallest absolute Gasteiger partial charge is 0.308 e. The fourth-order valence-electron chi connectivity index (χ4n) is 4.25. The van der Waals surface area contributed by atoms with Crippen molar-refractivity contribution in [3.8, 4) is 0 Å². The molecule has 2 saturated heterocycles. The molecule has 2 amide bonds. The number of thioether (sulfide) groups is 1. The van der Waals surface area contributed by atoms with Crippen molar-refractivity contribution in [2.75, 3.05) is 45.4 Å². The minimum Gasteiger partial charge on any atom is -0.469 e. The number of aromatic nitrogens is 2. The lowest BCUT2D eigenvalue weighted by atomic mass is 10.1. The Balaban J connectivity index is 1.85. The van der Waals surface area contributed by atoms with Crippen molar-refractivity contribution in [1.82, 2.24) is 19.6 Å². The summed E-state index contributed by atoms with van der Waals surface area (Å²) >= 11 is 6.52. The van der Waals surface area contributed by atoms with Crippen LogP contribution in [0.15, 0.2) is 28.0 Å². The third-order valence-corrected chi connectivity index (χ3v) is 7.51. The zero-order chi connectivity index (χ0) is 26.7. The number of esters is 1. The van der Waals surface area contributed by atoms with E-state index >= 15 is 0 Å². The second-order valence-corrected chi connectivity index (χ2v) is 10.2. The first kappa shape index (κ1) is 26.8. The maximum absolute atomic E-state index is 13.8. The summed E-state index contributed by atoms with van der Waals surface area (Å²) in [4.78, 5) is 60.0. The van der Waals surface area contributed by atoms with E-state index in [1.54, 1.807) is 24.3 Å². The monoisotopic (exact) mass is 545 g/mol. The number of hydrogen-bond acceptors (Lipinski definition) is 10. The molecule has 1 atom stereocenters. The van der Waals surface area contributed by atoms with E-state index in [-0.39, 0.29) is 34.5 Å². The van der Waals surface area contributed by atoms with Crippen LogP contribution in [0.5, 0.6) is 0 Å². The fourth-order valence-corrected chi connectivity index (χ4v) is 5.54. The van der Waals surface area contributed by atoms with Crippen LogP contribution >= 0.6 is 24.0 Å². The largest absolute Gasteiger partial charge is 0.469 e. The number of piperazine rings is 1. The normalized spacial score (nSPS) is 19.2. The molecule has 2 fully saturated rings. The molecule has 196 valence electrons. The number of ether oxygens (including phenoxy) is 2.